The molecular weight excluding hydrogens is 230 g/mol. The van der Waals surface area contributed by atoms with Gasteiger partial charge in [-0.25, -0.2) is 0 Å². The van der Waals surface area contributed by atoms with Crippen LogP contribution in [0.1, 0.15) is 19.4 Å². The number of nitro groups is 1. The Kier molecular flexibility index (Phi) is 3.26. The van der Waals surface area contributed by atoms with Crippen molar-refractivity contribution in [2.75, 3.05) is 24.5 Å². The Labute approximate surface area is 107 Å². The van der Waals surface area contributed by atoms with Crippen molar-refractivity contribution in [3.8, 4) is 0 Å². The Hall–Kier alpha value is -1.62. The van der Waals surface area contributed by atoms with Gasteiger partial charge in [-0.1, -0.05) is 6.07 Å². The summed E-state index contributed by atoms with van der Waals surface area (Å²) in [5.74, 6) is 0. The van der Waals surface area contributed by atoms with Gasteiger partial charge in [0.1, 0.15) is 0 Å². The number of nitrogens with zero attached hydrogens (tertiary/aromatic N) is 2. The highest BCUT2D eigenvalue weighted by molar-refractivity contribution is 5.63. The van der Waals surface area contributed by atoms with Crippen LogP contribution in [0.5, 0.6) is 0 Å². The first-order valence-electron chi connectivity index (χ1n) is 6.16. The zero-order chi connectivity index (χ0) is 13.3. The van der Waals surface area contributed by atoms with E-state index in [1.807, 2.05) is 13.0 Å². The highest BCUT2D eigenvalue weighted by Gasteiger charge is 2.31. The van der Waals surface area contributed by atoms with E-state index in [0.29, 0.717) is 0 Å². The molecule has 5 nitrogen and oxygen atoms in total. The number of nitrogens with one attached hydrogen (secondary N) is 1. The summed E-state index contributed by atoms with van der Waals surface area (Å²) in [7, 11) is 0. The predicted molar refractivity (Wildman–Crippen MR) is 72.1 cm³/mol. The van der Waals surface area contributed by atoms with E-state index in [1.165, 1.54) is 0 Å². The maximum absolute atomic E-state index is 11.0. The fourth-order valence-electron chi connectivity index (χ4n) is 2.53. The van der Waals surface area contributed by atoms with Crippen molar-refractivity contribution in [3.63, 3.8) is 0 Å². The second-order valence-electron chi connectivity index (χ2n) is 5.32. The van der Waals surface area contributed by atoms with Crippen LogP contribution < -0.4 is 10.2 Å². The van der Waals surface area contributed by atoms with E-state index < -0.39 is 0 Å². The third-order valence-corrected chi connectivity index (χ3v) is 3.56. The van der Waals surface area contributed by atoms with Gasteiger partial charge >= 0.3 is 0 Å². The van der Waals surface area contributed by atoms with Gasteiger partial charge in [0.25, 0.3) is 5.69 Å². The van der Waals surface area contributed by atoms with Crippen molar-refractivity contribution >= 4 is 11.4 Å². The van der Waals surface area contributed by atoms with Gasteiger partial charge in [-0.3, -0.25) is 10.1 Å². The van der Waals surface area contributed by atoms with E-state index >= 15 is 0 Å². The molecule has 0 bridgehead atoms. The number of piperazine rings is 1. The van der Waals surface area contributed by atoms with Gasteiger partial charge in [0.15, 0.2) is 0 Å². The minimum atomic E-state index is -0.311. The van der Waals surface area contributed by atoms with Crippen molar-refractivity contribution in [1.29, 1.82) is 0 Å². The third kappa shape index (κ3) is 2.18. The van der Waals surface area contributed by atoms with E-state index in [2.05, 4.69) is 24.1 Å². The molecule has 1 fully saturated rings. The summed E-state index contributed by atoms with van der Waals surface area (Å²) in [4.78, 5) is 12.9. The topological polar surface area (TPSA) is 58.4 Å². The number of nitro benzene ring substituents is 1. The lowest BCUT2D eigenvalue weighted by atomic mass is 9.97. The maximum Gasteiger partial charge on any atom is 0.274 e. The normalized spacial score (nSPS) is 18.7. The van der Waals surface area contributed by atoms with Crippen LogP contribution in [-0.2, 0) is 0 Å². The summed E-state index contributed by atoms with van der Waals surface area (Å²) in [6.45, 7) is 8.79. The Morgan fingerprint density at radius 3 is 2.78 bits per heavy atom. The Morgan fingerprint density at radius 1 is 1.44 bits per heavy atom. The summed E-state index contributed by atoms with van der Waals surface area (Å²) in [6, 6.07) is 5.29. The lowest BCUT2D eigenvalue weighted by Crippen LogP contribution is -2.58. The van der Waals surface area contributed by atoms with Crippen LogP contribution in [0, 0.1) is 17.0 Å². The largest absolute Gasteiger partial charge is 0.363 e. The molecule has 1 aromatic rings. The van der Waals surface area contributed by atoms with E-state index in [-0.39, 0.29) is 16.1 Å². The molecule has 0 spiro atoms. The van der Waals surface area contributed by atoms with Gasteiger partial charge in [-0.2, -0.15) is 0 Å². The standard InChI is InChI=1S/C13H19N3O2/c1-10-11(5-4-6-12(10)16(17)18)15-8-7-14-9-13(15,2)3/h4-6,14H,7-9H2,1-3H3. The maximum atomic E-state index is 11.0. The minimum absolute atomic E-state index is 0.0295. The van der Waals surface area contributed by atoms with Crippen LogP contribution in [-0.4, -0.2) is 30.1 Å². The van der Waals surface area contributed by atoms with Crippen LogP contribution in [0.3, 0.4) is 0 Å². The Bertz CT molecular complexity index is 471. The summed E-state index contributed by atoms with van der Waals surface area (Å²) in [5.41, 5.74) is 1.88. The highest BCUT2D eigenvalue weighted by Crippen LogP contribution is 2.32. The van der Waals surface area contributed by atoms with Crippen molar-refractivity contribution in [3.05, 3.63) is 33.9 Å². The molecule has 0 atom stereocenters. The second kappa shape index (κ2) is 4.57. The molecule has 1 heterocycles. The molecule has 0 radical (unpaired) electrons. The lowest BCUT2D eigenvalue weighted by Gasteiger charge is -2.45. The zero-order valence-corrected chi connectivity index (χ0v) is 11.1. The molecule has 1 aliphatic rings. The molecule has 0 aliphatic carbocycles. The highest BCUT2D eigenvalue weighted by atomic mass is 16.6. The number of anilines is 1. The average molecular weight is 249 g/mol. The molecule has 0 unspecified atom stereocenters. The molecular formula is C13H19N3O2. The lowest BCUT2D eigenvalue weighted by molar-refractivity contribution is -0.385. The van der Waals surface area contributed by atoms with E-state index in [4.69, 9.17) is 0 Å². The van der Waals surface area contributed by atoms with Crippen molar-refractivity contribution in [2.45, 2.75) is 26.3 Å². The van der Waals surface area contributed by atoms with Crippen LogP contribution in [0.2, 0.25) is 0 Å². The van der Waals surface area contributed by atoms with Crippen LogP contribution >= 0.6 is 0 Å². The number of rotatable bonds is 2. The molecule has 98 valence electrons. The summed E-state index contributed by atoms with van der Waals surface area (Å²) < 4.78 is 0. The van der Waals surface area contributed by atoms with Crippen molar-refractivity contribution in [1.82, 2.24) is 5.32 Å². The van der Waals surface area contributed by atoms with Crippen LogP contribution in [0.4, 0.5) is 11.4 Å². The van der Waals surface area contributed by atoms with Crippen molar-refractivity contribution in [2.24, 2.45) is 0 Å². The molecule has 0 aromatic heterocycles. The predicted octanol–water partition coefficient (Wildman–Crippen LogP) is 2.09. The Morgan fingerprint density at radius 2 is 2.17 bits per heavy atom. The molecule has 1 aliphatic heterocycles. The SMILES string of the molecule is Cc1c(N2CCNCC2(C)C)cccc1[N+](=O)[O-]. The fourth-order valence-corrected chi connectivity index (χ4v) is 2.53. The molecule has 18 heavy (non-hydrogen) atoms. The second-order valence-corrected chi connectivity index (χ2v) is 5.32. The van der Waals surface area contributed by atoms with Gasteiger partial charge in [0.05, 0.1) is 10.5 Å². The van der Waals surface area contributed by atoms with E-state index in [0.717, 1.165) is 30.9 Å². The number of hydrogen-bond donors (Lipinski definition) is 1. The molecule has 0 amide bonds. The molecule has 1 N–H and O–H groups in total. The van der Waals surface area contributed by atoms with Crippen molar-refractivity contribution < 1.29 is 4.92 Å². The fraction of sp³-hybridized carbons (Fsp3) is 0.538. The van der Waals surface area contributed by atoms with Crippen LogP contribution in [0.25, 0.3) is 0 Å². The minimum Gasteiger partial charge on any atom is -0.363 e. The van der Waals surface area contributed by atoms with Gasteiger partial charge < -0.3 is 10.2 Å². The zero-order valence-electron chi connectivity index (χ0n) is 11.1. The Balaban J connectivity index is 2.44. The van der Waals surface area contributed by atoms with E-state index in [9.17, 15) is 10.1 Å². The summed E-state index contributed by atoms with van der Waals surface area (Å²) in [5, 5.41) is 14.3. The smallest absolute Gasteiger partial charge is 0.274 e. The first-order chi connectivity index (χ1) is 8.43. The molecule has 1 saturated heterocycles. The summed E-state index contributed by atoms with van der Waals surface area (Å²) >= 11 is 0. The van der Waals surface area contributed by atoms with Gasteiger partial charge in [0, 0.05) is 36.9 Å². The molecule has 2 rings (SSSR count). The molecule has 0 saturated carbocycles. The van der Waals surface area contributed by atoms with E-state index in [1.54, 1.807) is 12.1 Å². The quantitative estimate of drug-likeness (QED) is 0.644. The average Bonchev–Trinajstić information content (AvgIpc) is 2.29. The first-order valence-corrected chi connectivity index (χ1v) is 6.16. The van der Waals surface area contributed by atoms with Gasteiger partial charge in [-0.05, 0) is 26.8 Å². The van der Waals surface area contributed by atoms with Gasteiger partial charge in [0.2, 0.25) is 0 Å². The monoisotopic (exact) mass is 249 g/mol. The number of benzene rings is 1. The third-order valence-electron chi connectivity index (χ3n) is 3.56. The summed E-state index contributed by atoms with van der Waals surface area (Å²) in [6.07, 6.45) is 0. The van der Waals surface area contributed by atoms with Crippen LogP contribution in [0.15, 0.2) is 18.2 Å². The molecule has 5 heteroatoms. The molecule has 1 aromatic carbocycles. The van der Waals surface area contributed by atoms with Gasteiger partial charge in [-0.15, -0.1) is 0 Å². The number of hydrogen-bond acceptors (Lipinski definition) is 4. The first kappa shape index (κ1) is 12.8.